The number of imide groups is 2. The number of anilines is 4. The van der Waals surface area contributed by atoms with E-state index in [1.54, 1.807) is 26.0 Å². The standard InChI is InChI=1S/C75H67F3N4O22/c1-11-61(86)97-37-73(38-98-62(87)12-2,39-99-63(88)13-3)103-36-60(85)79-50-21-17-46(43(7)29-50)32-53(83)24-25-54(84)33-47-18-22-51(30-44(47)8)81-67(92)55-26-19-48(34-57(55)69(81)94)72(10,75(76,77)78)49-20-27-56-58(35-49)70(95)82(68(56)93)52-23-28-59(45(9)31-52)80-71(96)104-74(40-100-64(89)14-4,41-101-65(90)15-5)42-102-66(91)16-6/h11-31,34-35H,1-6,32-33,36-42H2,7-10H3,(H,79,85)(H,80,96)/b25-24+. The second kappa shape index (κ2) is 33.6. The summed E-state index contributed by atoms with van der Waals surface area (Å²) in [4.78, 5) is 183. The van der Waals surface area contributed by atoms with Gasteiger partial charge in [0.15, 0.2) is 17.2 Å². The molecule has 29 heteroatoms. The highest BCUT2D eigenvalue weighted by Crippen LogP contribution is 2.48. The fourth-order valence-electron chi connectivity index (χ4n) is 10.4. The molecule has 0 saturated carbocycles. The van der Waals surface area contributed by atoms with Crippen LogP contribution in [0.15, 0.2) is 179 Å². The molecule has 0 saturated heterocycles. The number of benzene rings is 5. The number of carbonyl (C=O) groups excluding carboxylic acids is 14. The summed E-state index contributed by atoms with van der Waals surface area (Å²) >= 11 is 0. The molecule has 0 spiro atoms. The van der Waals surface area contributed by atoms with E-state index in [4.69, 9.17) is 37.9 Å². The van der Waals surface area contributed by atoms with Gasteiger partial charge in [0.05, 0.1) is 33.6 Å². The Bertz CT molecular complexity index is 4370. The molecule has 6 amide bonds. The van der Waals surface area contributed by atoms with Gasteiger partial charge in [-0.25, -0.2) is 43.4 Å². The van der Waals surface area contributed by atoms with Crippen LogP contribution >= 0.6 is 0 Å². The lowest BCUT2D eigenvalue weighted by Crippen LogP contribution is -2.50. The van der Waals surface area contributed by atoms with Crippen LogP contribution in [-0.2, 0) is 99.3 Å². The first-order chi connectivity index (χ1) is 49.2. The van der Waals surface area contributed by atoms with Crippen LogP contribution in [0, 0.1) is 20.8 Å². The number of nitrogens with zero attached hydrogens (tertiary/aromatic N) is 2. The highest BCUT2D eigenvalue weighted by Gasteiger charge is 2.55. The number of ether oxygens (including phenoxy) is 8. The third kappa shape index (κ3) is 18.6. The molecule has 0 aliphatic carbocycles. The zero-order valence-electron chi connectivity index (χ0n) is 56.4. The fourth-order valence-corrected chi connectivity index (χ4v) is 10.4. The van der Waals surface area contributed by atoms with Gasteiger partial charge in [0.1, 0.15) is 51.7 Å². The molecule has 104 heavy (non-hydrogen) atoms. The van der Waals surface area contributed by atoms with Gasteiger partial charge in [-0.05, 0) is 146 Å². The van der Waals surface area contributed by atoms with E-state index in [0.29, 0.717) is 27.2 Å². The van der Waals surface area contributed by atoms with Crippen molar-refractivity contribution >= 4 is 106 Å². The van der Waals surface area contributed by atoms with Crippen LogP contribution in [0.2, 0.25) is 0 Å². The van der Waals surface area contributed by atoms with Gasteiger partial charge < -0.3 is 43.2 Å². The summed E-state index contributed by atoms with van der Waals surface area (Å²) in [5.41, 5.74) is -6.96. The molecule has 2 aliphatic rings. The Balaban J connectivity index is 0.996. The summed E-state index contributed by atoms with van der Waals surface area (Å²) in [5, 5.41) is 5.04. The number of hydrogen-bond donors (Lipinski definition) is 2. The number of esters is 6. The summed E-state index contributed by atoms with van der Waals surface area (Å²) < 4.78 is 89.1. The van der Waals surface area contributed by atoms with Crippen LogP contribution < -0.4 is 20.4 Å². The predicted octanol–water partition coefficient (Wildman–Crippen LogP) is 8.92. The Morgan fingerprint density at radius 2 is 0.808 bits per heavy atom. The summed E-state index contributed by atoms with van der Waals surface area (Å²) in [7, 11) is 0. The van der Waals surface area contributed by atoms with Crippen LogP contribution in [0.4, 0.5) is 40.7 Å². The number of aryl methyl sites for hydroxylation is 3. The quantitative estimate of drug-likeness (QED) is 0.0168. The van der Waals surface area contributed by atoms with Crippen LogP contribution in [-0.4, -0.2) is 147 Å². The van der Waals surface area contributed by atoms with Crippen molar-refractivity contribution < 1.29 is 118 Å². The predicted molar refractivity (Wildman–Crippen MR) is 365 cm³/mol. The topological polar surface area (TPSA) is 343 Å². The van der Waals surface area contributed by atoms with Gasteiger partial charge in [0.2, 0.25) is 11.5 Å². The first-order valence-electron chi connectivity index (χ1n) is 31.0. The number of hydrogen-bond acceptors (Lipinski definition) is 22. The van der Waals surface area contributed by atoms with Crippen molar-refractivity contribution in [2.75, 3.05) is 66.7 Å². The highest BCUT2D eigenvalue weighted by atomic mass is 19.4. The van der Waals surface area contributed by atoms with Gasteiger partial charge in [-0.15, -0.1) is 0 Å². The van der Waals surface area contributed by atoms with E-state index in [1.165, 1.54) is 49.4 Å². The lowest BCUT2D eigenvalue weighted by molar-refractivity contribution is -0.182. The number of ketones is 2. The number of halogens is 3. The molecule has 0 aromatic heterocycles. The minimum Gasteiger partial charge on any atom is -0.459 e. The van der Waals surface area contributed by atoms with Gasteiger partial charge in [0.25, 0.3) is 23.6 Å². The molecule has 1 atom stereocenters. The maximum atomic E-state index is 15.8. The number of fused-ring (bicyclic) bond motifs is 2. The van der Waals surface area contributed by atoms with Gasteiger partial charge >= 0.3 is 48.1 Å². The van der Waals surface area contributed by atoms with Crippen LogP contribution in [0.3, 0.4) is 0 Å². The van der Waals surface area contributed by atoms with E-state index < -0.39 is 169 Å². The SMILES string of the molecule is C=CC(=O)OCC(COC(=O)C=C)(COC(=O)C=C)OCC(=O)Nc1ccc(CC(=O)/C=C/C(=O)Cc2ccc(N3C(=O)c4ccc(C(C)(c5ccc6c(c5)C(=O)N(c5ccc(NC(=O)OC(COC(=O)C=C)(COC(=O)C=C)COC(=O)C=C)c(C)c5)C6=O)C(F)(F)F)cc4C3=O)cc2C)c(C)c1. The molecule has 7 rings (SSSR count). The molecular formula is C75H67F3N4O22. The Morgan fingerprint density at radius 1 is 0.442 bits per heavy atom. The molecule has 0 fully saturated rings. The zero-order chi connectivity index (χ0) is 76.6. The van der Waals surface area contributed by atoms with Crippen molar-refractivity contribution in [2.24, 2.45) is 0 Å². The van der Waals surface area contributed by atoms with Crippen molar-refractivity contribution in [3.8, 4) is 0 Å². The zero-order valence-corrected chi connectivity index (χ0v) is 56.4. The molecule has 1 unspecified atom stereocenters. The highest BCUT2D eigenvalue weighted by molar-refractivity contribution is 6.35. The average molecular weight is 1430 g/mol. The fraction of sp³-hybridized carbons (Fsp3) is 0.227. The molecule has 5 aromatic carbocycles. The third-order valence-corrected chi connectivity index (χ3v) is 16.3. The number of amides is 6. The maximum absolute atomic E-state index is 15.8. The van der Waals surface area contributed by atoms with Crippen molar-refractivity contribution in [3.05, 3.63) is 240 Å². The Morgan fingerprint density at radius 3 is 1.18 bits per heavy atom. The molecule has 26 nitrogen and oxygen atoms in total. The third-order valence-electron chi connectivity index (χ3n) is 16.3. The molecule has 0 radical (unpaired) electrons. The number of nitrogens with one attached hydrogen (secondary N) is 2. The van der Waals surface area contributed by atoms with Gasteiger partial charge in [-0.1, -0.05) is 63.7 Å². The van der Waals surface area contributed by atoms with Crippen molar-refractivity contribution in [3.63, 3.8) is 0 Å². The summed E-state index contributed by atoms with van der Waals surface area (Å²) in [6, 6.07) is 18.7. The molecular weight excluding hydrogens is 1370 g/mol. The van der Waals surface area contributed by atoms with Crippen molar-refractivity contribution in [1.82, 2.24) is 0 Å². The molecule has 540 valence electrons. The summed E-state index contributed by atoms with van der Waals surface area (Å²) in [6.45, 7) is 20.1. The molecule has 2 N–H and O–H groups in total. The van der Waals surface area contributed by atoms with Gasteiger partial charge in [-0.2, -0.15) is 13.2 Å². The molecule has 0 bridgehead atoms. The first kappa shape index (κ1) is 78.5. The number of rotatable bonds is 34. The monoisotopic (exact) mass is 1430 g/mol. The van der Waals surface area contributed by atoms with E-state index in [0.717, 1.165) is 96.8 Å². The van der Waals surface area contributed by atoms with Crippen molar-refractivity contribution in [2.45, 2.75) is 63.3 Å². The van der Waals surface area contributed by atoms with E-state index >= 15 is 13.2 Å². The minimum atomic E-state index is -5.15. The van der Waals surface area contributed by atoms with E-state index in [-0.39, 0.29) is 57.8 Å². The van der Waals surface area contributed by atoms with Gasteiger partial charge in [0, 0.05) is 60.7 Å². The van der Waals surface area contributed by atoms with E-state index in [9.17, 15) is 67.1 Å². The Labute approximate surface area is 592 Å². The smallest absolute Gasteiger partial charge is 0.412 e. The second-order valence-electron chi connectivity index (χ2n) is 23.5. The lowest BCUT2D eigenvalue weighted by atomic mass is 9.74. The number of carbonyl (C=O) groups is 14. The van der Waals surface area contributed by atoms with Crippen molar-refractivity contribution in [1.29, 1.82) is 0 Å². The molecule has 2 aliphatic heterocycles. The van der Waals surface area contributed by atoms with Crippen LogP contribution in [0.5, 0.6) is 0 Å². The summed E-state index contributed by atoms with van der Waals surface area (Å²) in [6.07, 6.45) is 0.254. The Hall–Kier alpha value is -12.8. The Kier molecular flexibility index (Phi) is 25.4. The maximum Gasteiger partial charge on any atom is 0.412 e. The van der Waals surface area contributed by atoms with Gasteiger partial charge in [-0.3, -0.25) is 38.9 Å². The van der Waals surface area contributed by atoms with Crippen LogP contribution in [0.25, 0.3) is 0 Å². The second-order valence-corrected chi connectivity index (χ2v) is 23.5. The molecule has 5 aromatic rings. The first-order valence-corrected chi connectivity index (χ1v) is 31.0. The molecule has 2 heterocycles. The van der Waals surface area contributed by atoms with Crippen LogP contribution in [0.1, 0.15) is 87.3 Å². The minimum absolute atomic E-state index is 0.00743. The normalized spacial score (nSPS) is 13.1. The lowest BCUT2D eigenvalue weighted by Gasteiger charge is -2.33. The largest absolute Gasteiger partial charge is 0.459 e. The van der Waals surface area contributed by atoms with E-state index in [2.05, 4.69) is 50.1 Å². The van der Waals surface area contributed by atoms with E-state index in [1.807, 2.05) is 0 Å². The summed E-state index contributed by atoms with van der Waals surface area (Å²) in [5.74, 6) is -11.2. The number of allylic oxidation sites excluding steroid dienone is 2. The number of alkyl halides is 3. The average Bonchev–Trinajstić information content (AvgIpc) is 1.47.